The zero-order chi connectivity index (χ0) is 14.2. The molecular weight excluding hydrogens is 398 g/mol. The predicted octanol–water partition coefficient (Wildman–Crippen LogP) is 2.60. The number of halogens is 2. The molecule has 4 nitrogen and oxygen atoms in total. The van der Waals surface area contributed by atoms with Crippen LogP contribution in [0.15, 0.2) is 32.0 Å². The molecule has 19 heavy (non-hydrogen) atoms. The molecule has 0 amide bonds. The Morgan fingerprint density at radius 1 is 1.37 bits per heavy atom. The van der Waals surface area contributed by atoms with Crippen molar-refractivity contribution < 1.29 is 13.5 Å². The molecule has 1 aliphatic rings. The molecule has 0 radical (unpaired) electrons. The smallest absolute Gasteiger partial charge is 0.243 e. The summed E-state index contributed by atoms with van der Waals surface area (Å²) in [4.78, 5) is 0.262. The molecule has 1 saturated carbocycles. The average molecular weight is 413 g/mol. The molecule has 0 aromatic heterocycles. The molecule has 0 saturated heterocycles. The third-order valence-electron chi connectivity index (χ3n) is 3.31. The summed E-state index contributed by atoms with van der Waals surface area (Å²) >= 11 is 6.58. The van der Waals surface area contributed by atoms with E-state index in [1.54, 1.807) is 25.2 Å². The van der Waals surface area contributed by atoms with Gasteiger partial charge < -0.3 is 5.11 Å². The highest BCUT2D eigenvalue weighted by molar-refractivity contribution is 9.11. The van der Waals surface area contributed by atoms with E-state index in [0.29, 0.717) is 23.9 Å². The molecule has 1 aromatic rings. The summed E-state index contributed by atoms with van der Waals surface area (Å²) in [5.41, 5.74) is 0. The van der Waals surface area contributed by atoms with Gasteiger partial charge >= 0.3 is 0 Å². The number of nitrogens with zero attached hydrogens (tertiary/aromatic N) is 1. The predicted molar refractivity (Wildman–Crippen MR) is 80.4 cm³/mol. The molecule has 0 heterocycles. The van der Waals surface area contributed by atoms with Crippen molar-refractivity contribution in [1.29, 1.82) is 0 Å². The summed E-state index contributed by atoms with van der Waals surface area (Å²) in [5, 5.41) is 9.25. The largest absolute Gasteiger partial charge is 0.393 e. The van der Waals surface area contributed by atoms with Crippen LogP contribution in [0.1, 0.15) is 12.8 Å². The Kier molecular flexibility index (Phi) is 4.72. The van der Waals surface area contributed by atoms with E-state index >= 15 is 0 Å². The van der Waals surface area contributed by atoms with E-state index in [1.807, 2.05) is 0 Å². The minimum Gasteiger partial charge on any atom is -0.393 e. The lowest BCUT2D eigenvalue weighted by Gasteiger charge is -2.34. The lowest BCUT2D eigenvalue weighted by atomic mass is 9.82. The summed E-state index contributed by atoms with van der Waals surface area (Å²) in [7, 11) is -1.91. The van der Waals surface area contributed by atoms with Gasteiger partial charge in [-0.15, -0.1) is 0 Å². The van der Waals surface area contributed by atoms with Gasteiger partial charge in [0.05, 0.1) is 11.0 Å². The van der Waals surface area contributed by atoms with Crippen LogP contribution in [0, 0.1) is 5.92 Å². The van der Waals surface area contributed by atoms with E-state index in [1.165, 1.54) is 4.31 Å². The van der Waals surface area contributed by atoms with Crippen molar-refractivity contribution >= 4 is 41.9 Å². The molecule has 1 aromatic carbocycles. The van der Waals surface area contributed by atoms with Gasteiger partial charge in [0.25, 0.3) is 0 Å². The Hall–Kier alpha value is 0.0500. The van der Waals surface area contributed by atoms with Crippen molar-refractivity contribution in [3.05, 3.63) is 27.1 Å². The van der Waals surface area contributed by atoms with Crippen molar-refractivity contribution in [2.75, 3.05) is 13.6 Å². The quantitative estimate of drug-likeness (QED) is 0.826. The first-order valence-electron chi connectivity index (χ1n) is 5.90. The fourth-order valence-electron chi connectivity index (χ4n) is 2.16. The van der Waals surface area contributed by atoms with Crippen molar-refractivity contribution in [2.45, 2.75) is 23.8 Å². The molecule has 0 aliphatic heterocycles. The monoisotopic (exact) mass is 411 g/mol. The molecule has 106 valence electrons. The first-order chi connectivity index (χ1) is 8.80. The van der Waals surface area contributed by atoms with Crippen LogP contribution in [0.4, 0.5) is 0 Å². The van der Waals surface area contributed by atoms with Crippen LogP contribution in [0.5, 0.6) is 0 Å². The Labute approximate surface area is 130 Å². The SMILES string of the molecule is CN(CC1CC(O)C1)S(=O)(=O)c1ccc(Br)cc1Br. The molecule has 7 heteroatoms. The molecule has 0 unspecified atom stereocenters. The van der Waals surface area contributed by atoms with Crippen molar-refractivity contribution in [3.63, 3.8) is 0 Å². The number of sulfonamides is 1. The molecule has 0 bridgehead atoms. The molecule has 1 N–H and O–H groups in total. The van der Waals surface area contributed by atoms with Gasteiger partial charge in [-0.25, -0.2) is 12.7 Å². The normalized spacial score (nSPS) is 23.4. The fourth-order valence-corrected chi connectivity index (χ4v) is 5.11. The van der Waals surface area contributed by atoms with Crippen LogP contribution < -0.4 is 0 Å². The van der Waals surface area contributed by atoms with Gasteiger partial charge in [-0.1, -0.05) is 15.9 Å². The van der Waals surface area contributed by atoms with Gasteiger partial charge in [0, 0.05) is 22.5 Å². The van der Waals surface area contributed by atoms with Crippen LogP contribution in [0.2, 0.25) is 0 Å². The third-order valence-corrected chi connectivity index (χ3v) is 6.60. The van der Waals surface area contributed by atoms with Crippen LogP contribution in [-0.2, 0) is 10.0 Å². The molecule has 2 rings (SSSR count). The maximum Gasteiger partial charge on any atom is 0.243 e. The van der Waals surface area contributed by atoms with Gasteiger partial charge in [-0.05, 0) is 52.9 Å². The standard InChI is InChI=1S/C12H15Br2NO3S/c1-15(7-8-4-10(16)5-8)19(17,18)12-3-2-9(13)6-11(12)14/h2-3,6,8,10,16H,4-5,7H2,1H3. The minimum atomic E-state index is -3.49. The van der Waals surface area contributed by atoms with Crippen LogP contribution in [0.3, 0.4) is 0 Å². The first kappa shape index (κ1) is 15.4. The lowest BCUT2D eigenvalue weighted by molar-refractivity contribution is 0.0367. The highest BCUT2D eigenvalue weighted by Crippen LogP contribution is 2.31. The van der Waals surface area contributed by atoms with Gasteiger partial charge in [0.15, 0.2) is 0 Å². The Bertz CT molecular complexity index is 570. The van der Waals surface area contributed by atoms with E-state index in [-0.39, 0.29) is 16.9 Å². The van der Waals surface area contributed by atoms with E-state index in [4.69, 9.17) is 0 Å². The van der Waals surface area contributed by atoms with Crippen LogP contribution in [0.25, 0.3) is 0 Å². The molecular formula is C12H15Br2NO3S. The van der Waals surface area contributed by atoms with Gasteiger partial charge in [0.2, 0.25) is 10.0 Å². The minimum absolute atomic E-state index is 0.254. The molecule has 0 atom stereocenters. The number of rotatable bonds is 4. The van der Waals surface area contributed by atoms with E-state index in [9.17, 15) is 13.5 Å². The highest BCUT2D eigenvalue weighted by Gasteiger charge is 2.32. The Morgan fingerprint density at radius 3 is 2.53 bits per heavy atom. The summed E-state index contributed by atoms with van der Waals surface area (Å²) in [6.07, 6.45) is 1.10. The molecule has 0 spiro atoms. The Morgan fingerprint density at radius 2 is 2.00 bits per heavy atom. The Balaban J connectivity index is 2.16. The second-order valence-corrected chi connectivity index (χ2v) is 8.63. The second-order valence-electron chi connectivity index (χ2n) is 4.85. The lowest BCUT2D eigenvalue weighted by Crippen LogP contribution is -2.39. The van der Waals surface area contributed by atoms with Gasteiger partial charge in [0.1, 0.15) is 0 Å². The van der Waals surface area contributed by atoms with E-state index in [2.05, 4.69) is 31.9 Å². The zero-order valence-electron chi connectivity index (χ0n) is 10.4. The number of benzene rings is 1. The van der Waals surface area contributed by atoms with Gasteiger partial charge in [-0.3, -0.25) is 0 Å². The number of hydrogen-bond donors (Lipinski definition) is 1. The summed E-state index contributed by atoms with van der Waals surface area (Å²) < 4.78 is 27.6. The highest BCUT2D eigenvalue weighted by atomic mass is 79.9. The zero-order valence-corrected chi connectivity index (χ0v) is 14.4. The van der Waals surface area contributed by atoms with Gasteiger partial charge in [-0.2, -0.15) is 0 Å². The summed E-state index contributed by atoms with van der Waals surface area (Å²) in [5.74, 6) is 0.254. The molecule has 1 aliphatic carbocycles. The van der Waals surface area contributed by atoms with Crippen molar-refractivity contribution in [2.24, 2.45) is 5.92 Å². The summed E-state index contributed by atoms with van der Waals surface area (Å²) in [6, 6.07) is 5.00. The third kappa shape index (κ3) is 3.39. The number of aliphatic hydroxyl groups excluding tert-OH is 1. The average Bonchev–Trinajstić information content (AvgIpc) is 2.26. The van der Waals surface area contributed by atoms with Crippen LogP contribution >= 0.6 is 31.9 Å². The molecule has 1 fully saturated rings. The van der Waals surface area contributed by atoms with E-state index in [0.717, 1.165) is 4.47 Å². The van der Waals surface area contributed by atoms with Crippen LogP contribution in [-0.4, -0.2) is 37.5 Å². The topological polar surface area (TPSA) is 57.6 Å². The first-order valence-corrected chi connectivity index (χ1v) is 8.92. The fraction of sp³-hybridized carbons (Fsp3) is 0.500. The second kappa shape index (κ2) is 5.81. The van der Waals surface area contributed by atoms with Crippen molar-refractivity contribution in [1.82, 2.24) is 4.31 Å². The van der Waals surface area contributed by atoms with Crippen molar-refractivity contribution in [3.8, 4) is 0 Å². The number of aliphatic hydroxyl groups is 1. The van der Waals surface area contributed by atoms with E-state index < -0.39 is 10.0 Å². The number of hydrogen-bond acceptors (Lipinski definition) is 3. The summed E-state index contributed by atoms with van der Waals surface area (Å²) in [6.45, 7) is 0.446. The maximum absolute atomic E-state index is 12.4. The maximum atomic E-state index is 12.4.